The number of morpholine rings is 1. The molecule has 1 fully saturated rings. The summed E-state index contributed by atoms with van der Waals surface area (Å²) in [4.78, 5) is 15.0. The number of anilines is 1. The number of benzene rings is 3. The molecule has 1 saturated heterocycles. The normalized spacial score (nSPS) is 14.4. The van der Waals surface area contributed by atoms with Crippen molar-refractivity contribution in [3.8, 4) is 11.1 Å². The summed E-state index contributed by atoms with van der Waals surface area (Å²) < 4.78 is 41.0. The number of nitrogens with one attached hydrogen (secondary N) is 1. The first-order chi connectivity index (χ1) is 16.0. The van der Waals surface area contributed by atoms with Crippen LogP contribution in [0.2, 0.25) is 0 Å². The van der Waals surface area contributed by atoms with E-state index in [0.29, 0.717) is 42.8 Å². The topological polar surface area (TPSA) is 88.8 Å². The maximum Gasteiger partial charge on any atom is 0.291 e. The van der Waals surface area contributed by atoms with Crippen LogP contribution in [-0.4, -0.2) is 45.5 Å². The number of amides is 1. The van der Waals surface area contributed by atoms with E-state index < -0.39 is 10.0 Å². The van der Waals surface area contributed by atoms with Crippen LogP contribution in [0.5, 0.6) is 0 Å². The van der Waals surface area contributed by atoms with E-state index in [1.54, 1.807) is 53.4 Å². The van der Waals surface area contributed by atoms with Gasteiger partial charge < -0.3 is 14.1 Å². The Morgan fingerprint density at radius 3 is 2.30 bits per heavy atom. The average molecular weight is 463 g/mol. The molecule has 1 N–H and O–H groups in total. The molecule has 3 aromatic carbocycles. The number of carbonyl (C=O) groups is 1. The van der Waals surface area contributed by atoms with Gasteiger partial charge in [0.15, 0.2) is 0 Å². The van der Waals surface area contributed by atoms with Crippen LogP contribution in [0.15, 0.2) is 88.2 Å². The van der Waals surface area contributed by atoms with Crippen LogP contribution < -0.4 is 4.72 Å². The fourth-order valence-electron chi connectivity index (χ4n) is 3.95. The van der Waals surface area contributed by atoms with E-state index in [-0.39, 0.29) is 22.3 Å². The zero-order valence-electron chi connectivity index (χ0n) is 17.7. The number of fused-ring (bicyclic) bond motifs is 1. The number of hydrogen-bond acceptors (Lipinski definition) is 5. The first kappa shape index (κ1) is 21.2. The molecule has 0 unspecified atom stereocenters. The van der Waals surface area contributed by atoms with E-state index in [1.165, 1.54) is 0 Å². The van der Waals surface area contributed by atoms with Crippen molar-refractivity contribution in [3.05, 3.63) is 84.6 Å². The van der Waals surface area contributed by atoms with Crippen LogP contribution in [0.3, 0.4) is 0 Å². The second-order valence-corrected chi connectivity index (χ2v) is 9.33. The maximum absolute atomic E-state index is 13.6. The van der Waals surface area contributed by atoms with Gasteiger partial charge in [0.25, 0.3) is 15.9 Å². The number of carbonyl (C=O) groups excluding carboxylic acids is 1. The highest BCUT2D eigenvalue weighted by atomic mass is 32.2. The van der Waals surface area contributed by atoms with E-state index in [1.807, 2.05) is 30.3 Å². The largest absolute Gasteiger partial charge is 0.449 e. The number of sulfonamides is 1. The standard InChI is InChI=1S/C25H22N2O5S/c28-25(27-14-16-31-17-15-27)24-23(20-11-4-6-12-21(20)32-24)26-33(29,30)22-13-7-5-10-19(22)18-8-2-1-3-9-18/h1-13,26H,14-17H2. The second-order valence-electron chi connectivity index (χ2n) is 7.67. The van der Waals surface area contributed by atoms with Gasteiger partial charge in [-0.3, -0.25) is 9.52 Å². The van der Waals surface area contributed by atoms with Crippen LogP contribution in [0, 0.1) is 0 Å². The molecular formula is C25H22N2O5S. The maximum atomic E-state index is 13.6. The molecule has 1 amide bonds. The fraction of sp³-hybridized carbons (Fsp3) is 0.160. The van der Waals surface area contributed by atoms with Gasteiger partial charge >= 0.3 is 0 Å². The van der Waals surface area contributed by atoms with Crippen molar-refractivity contribution in [1.82, 2.24) is 4.90 Å². The third-order valence-corrected chi connectivity index (χ3v) is 6.99. The molecular weight excluding hydrogens is 440 g/mol. The van der Waals surface area contributed by atoms with E-state index in [4.69, 9.17) is 9.15 Å². The van der Waals surface area contributed by atoms with Gasteiger partial charge in [0.05, 0.1) is 18.1 Å². The van der Waals surface area contributed by atoms with Crippen molar-refractivity contribution in [3.63, 3.8) is 0 Å². The van der Waals surface area contributed by atoms with Crippen LogP contribution in [-0.2, 0) is 14.8 Å². The zero-order valence-corrected chi connectivity index (χ0v) is 18.5. The lowest BCUT2D eigenvalue weighted by molar-refractivity contribution is 0.0285. The van der Waals surface area contributed by atoms with Gasteiger partial charge in [-0.1, -0.05) is 60.7 Å². The third kappa shape index (κ3) is 4.10. The van der Waals surface area contributed by atoms with Crippen LogP contribution >= 0.6 is 0 Å². The Kier molecular flexibility index (Phi) is 5.62. The number of furan rings is 1. The molecule has 0 bridgehead atoms. The van der Waals surface area contributed by atoms with E-state index in [2.05, 4.69) is 4.72 Å². The number of ether oxygens (including phenoxy) is 1. The lowest BCUT2D eigenvalue weighted by Gasteiger charge is -2.26. The summed E-state index contributed by atoms with van der Waals surface area (Å²) in [7, 11) is -4.05. The first-order valence-corrected chi connectivity index (χ1v) is 12.1. The molecule has 5 rings (SSSR count). The molecule has 0 saturated carbocycles. The molecule has 168 valence electrons. The smallest absolute Gasteiger partial charge is 0.291 e. The Hall–Kier alpha value is -3.62. The predicted molar refractivity (Wildman–Crippen MR) is 126 cm³/mol. The molecule has 8 heteroatoms. The summed E-state index contributed by atoms with van der Waals surface area (Å²) in [5.74, 6) is -0.401. The quantitative estimate of drug-likeness (QED) is 0.476. The highest BCUT2D eigenvalue weighted by Crippen LogP contribution is 2.35. The summed E-state index contributed by atoms with van der Waals surface area (Å²) >= 11 is 0. The number of rotatable bonds is 5. The Morgan fingerprint density at radius 2 is 1.52 bits per heavy atom. The van der Waals surface area contributed by atoms with E-state index in [0.717, 1.165) is 5.56 Å². The van der Waals surface area contributed by atoms with Crippen molar-refractivity contribution in [2.45, 2.75) is 4.90 Å². The van der Waals surface area contributed by atoms with Crippen LogP contribution in [0.25, 0.3) is 22.1 Å². The Balaban J connectivity index is 1.59. The molecule has 1 aromatic heterocycles. The van der Waals surface area contributed by atoms with E-state index in [9.17, 15) is 13.2 Å². The summed E-state index contributed by atoms with van der Waals surface area (Å²) in [6, 6.07) is 23.1. The molecule has 2 heterocycles. The molecule has 7 nitrogen and oxygen atoms in total. The van der Waals surface area contributed by atoms with Gasteiger partial charge in [-0.2, -0.15) is 0 Å². The molecule has 0 aliphatic carbocycles. The van der Waals surface area contributed by atoms with Crippen molar-refractivity contribution < 1.29 is 22.4 Å². The van der Waals surface area contributed by atoms with Crippen LogP contribution in [0.1, 0.15) is 10.6 Å². The first-order valence-electron chi connectivity index (χ1n) is 10.6. The van der Waals surface area contributed by atoms with Crippen molar-refractivity contribution in [2.75, 3.05) is 31.0 Å². The highest BCUT2D eigenvalue weighted by Gasteiger charge is 2.30. The van der Waals surface area contributed by atoms with E-state index >= 15 is 0 Å². The van der Waals surface area contributed by atoms with Gasteiger partial charge in [0.2, 0.25) is 5.76 Å². The van der Waals surface area contributed by atoms with Gasteiger partial charge in [-0.15, -0.1) is 0 Å². The average Bonchev–Trinajstić information content (AvgIpc) is 3.22. The Bertz CT molecular complexity index is 1410. The second kappa shape index (κ2) is 8.73. The summed E-state index contributed by atoms with van der Waals surface area (Å²) in [5.41, 5.74) is 1.92. The number of hydrogen-bond donors (Lipinski definition) is 1. The Morgan fingerprint density at radius 1 is 0.848 bits per heavy atom. The molecule has 0 spiro atoms. The number of nitrogens with zero attached hydrogens (tertiary/aromatic N) is 1. The molecule has 0 atom stereocenters. The predicted octanol–water partition coefficient (Wildman–Crippen LogP) is 4.37. The zero-order chi connectivity index (χ0) is 22.8. The van der Waals surface area contributed by atoms with Gasteiger partial charge in [0.1, 0.15) is 11.3 Å². The molecule has 1 aliphatic heterocycles. The SMILES string of the molecule is O=C(c1oc2ccccc2c1NS(=O)(=O)c1ccccc1-c1ccccc1)N1CCOCC1. The van der Waals surface area contributed by atoms with Gasteiger partial charge in [0, 0.05) is 24.0 Å². The van der Waals surface area contributed by atoms with Crippen molar-refractivity contribution in [1.29, 1.82) is 0 Å². The lowest BCUT2D eigenvalue weighted by atomic mass is 10.1. The minimum Gasteiger partial charge on any atom is -0.449 e. The molecule has 1 aliphatic rings. The van der Waals surface area contributed by atoms with Gasteiger partial charge in [-0.25, -0.2) is 8.42 Å². The summed E-state index contributed by atoms with van der Waals surface area (Å²) in [6.45, 7) is 1.69. The minimum atomic E-state index is -4.05. The monoisotopic (exact) mass is 462 g/mol. The van der Waals surface area contributed by atoms with Crippen LogP contribution in [0.4, 0.5) is 5.69 Å². The molecule has 33 heavy (non-hydrogen) atoms. The summed E-state index contributed by atoms with van der Waals surface area (Å²) in [6.07, 6.45) is 0. The fourth-order valence-corrected chi connectivity index (χ4v) is 5.27. The minimum absolute atomic E-state index is 0.0288. The highest BCUT2D eigenvalue weighted by molar-refractivity contribution is 7.92. The Labute approximate surface area is 191 Å². The third-order valence-electron chi connectivity index (χ3n) is 5.59. The van der Waals surface area contributed by atoms with Crippen molar-refractivity contribution >= 4 is 32.6 Å². The summed E-state index contributed by atoms with van der Waals surface area (Å²) in [5, 5.41) is 0.523. The van der Waals surface area contributed by atoms with Gasteiger partial charge in [-0.05, 0) is 23.8 Å². The van der Waals surface area contributed by atoms with Crippen molar-refractivity contribution in [2.24, 2.45) is 0 Å². The molecule has 4 aromatic rings. The lowest BCUT2D eigenvalue weighted by Crippen LogP contribution is -2.40. The number of para-hydroxylation sites is 1. The molecule has 0 radical (unpaired) electrons.